The Morgan fingerprint density at radius 1 is 1.33 bits per heavy atom. The molecule has 7 nitrogen and oxygen atoms in total. The van der Waals surface area contributed by atoms with Crippen molar-refractivity contribution < 1.29 is 14.3 Å². The van der Waals surface area contributed by atoms with Crippen LogP contribution in [0, 0.1) is 0 Å². The fourth-order valence-corrected chi connectivity index (χ4v) is 3.15. The number of methoxy groups -OCH3 is 1. The minimum atomic E-state index is -0.00570. The average Bonchev–Trinajstić information content (AvgIpc) is 2.99. The van der Waals surface area contributed by atoms with Crippen molar-refractivity contribution in [1.82, 2.24) is 14.9 Å². The Balaban J connectivity index is 1.84. The minimum Gasteiger partial charge on any atom is -0.493 e. The Bertz CT molecular complexity index is 774. The number of ether oxygens (including phenoxy) is 2. The van der Waals surface area contributed by atoms with Crippen molar-refractivity contribution in [2.75, 3.05) is 24.4 Å². The number of carbonyl (C=O) groups excluding carboxylic acids is 1. The highest BCUT2D eigenvalue weighted by Crippen LogP contribution is 2.28. The number of rotatable bonds is 6. The molecule has 0 atom stereocenters. The quantitative estimate of drug-likeness (QED) is 0.745. The van der Waals surface area contributed by atoms with Gasteiger partial charge in [-0.15, -0.1) is 10.2 Å². The zero-order valence-corrected chi connectivity index (χ0v) is 14.4. The molecule has 0 saturated heterocycles. The second kappa shape index (κ2) is 6.96. The second-order valence-electron chi connectivity index (χ2n) is 5.35. The Morgan fingerprint density at radius 3 is 2.79 bits per heavy atom. The predicted octanol–water partition coefficient (Wildman–Crippen LogP) is 2.01. The van der Waals surface area contributed by atoms with E-state index in [9.17, 15) is 4.79 Å². The second-order valence-corrected chi connectivity index (χ2v) is 6.29. The van der Waals surface area contributed by atoms with Crippen LogP contribution >= 0.6 is 11.8 Å². The summed E-state index contributed by atoms with van der Waals surface area (Å²) in [6.45, 7) is 6.36. The molecule has 0 unspecified atom stereocenters. The molecule has 126 valence electrons. The third-order valence-electron chi connectivity index (χ3n) is 3.38. The molecule has 0 N–H and O–H groups in total. The number of hydrogen-bond donors (Lipinski definition) is 0. The van der Waals surface area contributed by atoms with Crippen LogP contribution in [0.2, 0.25) is 0 Å². The summed E-state index contributed by atoms with van der Waals surface area (Å²) in [5, 5.41) is 10.6. The molecule has 1 aliphatic heterocycles. The number of benzene rings is 1. The molecular weight excluding hydrogens is 328 g/mol. The summed E-state index contributed by atoms with van der Waals surface area (Å²) in [5.74, 6) is 2.14. The highest BCUT2D eigenvalue weighted by Gasteiger charge is 2.29. The van der Waals surface area contributed by atoms with Gasteiger partial charge in [0.25, 0.3) is 5.91 Å². The van der Waals surface area contributed by atoms with E-state index in [1.807, 2.05) is 31.2 Å². The number of thioether (sulfide) groups is 1. The van der Waals surface area contributed by atoms with Crippen LogP contribution < -0.4 is 14.5 Å². The van der Waals surface area contributed by atoms with Gasteiger partial charge in [-0.3, -0.25) is 4.79 Å². The molecule has 0 spiro atoms. The van der Waals surface area contributed by atoms with Gasteiger partial charge in [0.1, 0.15) is 6.61 Å². The van der Waals surface area contributed by atoms with Gasteiger partial charge in [-0.25, -0.2) is 9.69 Å². The molecule has 0 bridgehead atoms. The van der Waals surface area contributed by atoms with Crippen molar-refractivity contribution in [1.29, 1.82) is 0 Å². The summed E-state index contributed by atoms with van der Waals surface area (Å²) in [5.41, 5.74) is 0.881. The van der Waals surface area contributed by atoms with Crippen molar-refractivity contribution in [3.8, 4) is 11.5 Å². The van der Waals surface area contributed by atoms with Gasteiger partial charge in [0.2, 0.25) is 5.16 Å². The van der Waals surface area contributed by atoms with Crippen molar-refractivity contribution in [3.63, 3.8) is 0 Å². The zero-order chi connectivity index (χ0) is 17.1. The molecule has 0 saturated carbocycles. The van der Waals surface area contributed by atoms with E-state index in [0.717, 1.165) is 5.57 Å². The third-order valence-corrected chi connectivity index (χ3v) is 4.28. The fraction of sp³-hybridized carbons (Fsp3) is 0.312. The van der Waals surface area contributed by atoms with Gasteiger partial charge in [-0.2, -0.15) is 0 Å². The van der Waals surface area contributed by atoms with Gasteiger partial charge < -0.3 is 9.47 Å². The Hall–Kier alpha value is -2.48. The lowest BCUT2D eigenvalue weighted by molar-refractivity contribution is -0.118. The van der Waals surface area contributed by atoms with E-state index in [1.54, 1.807) is 16.8 Å². The number of para-hydroxylation sites is 2. The van der Waals surface area contributed by atoms with Gasteiger partial charge >= 0.3 is 0 Å². The first kappa shape index (κ1) is 16.4. The van der Waals surface area contributed by atoms with E-state index in [2.05, 4.69) is 16.8 Å². The number of aromatic nitrogens is 3. The predicted molar refractivity (Wildman–Crippen MR) is 91.0 cm³/mol. The van der Waals surface area contributed by atoms with E-state index < -0.39 is 0 Å². The van der Waals surface area contributed by atoms with E-state index in [0.29, 0.717) is 34.8 Å². The van der Waals surface area contributed by atoms with Crippen molar-refractivity contribution in [3.05, 3.63) is 42.2 Å². The number of hydrogen-bond acceptors (Lipinski definition) is 6. The number of carbonyl (C=O) groups is 1. The lowest BCUT2D eigenvalue weighted by atomic mass is 10.3. The molecular formula is C16H18N4O3S. The van der Waals surface area contributed by atoms with Crippen LogP contribution in [0.5, 0.6) is 11.5 Å². The lowest BCUT2D eigenvalue weighted by Gasteiger charge is -2.29. The molecule has 0 radical (unpaired) electrons. The Morgan fingerprint density at radius 2 is 2.08 bits per heavy atom. The van der Waals surface area contributed by atoms with E-state index in [1.165, 1.54) is 11.8 Å². The lowest BCUT2D eigenvalue weighted by Crippen LogP contribution is -2.46. The summed E-state index contributed by atoms with van der Waals surface area (Å²) in [4.78, 5) is 12.2. The summed E-state index contributed by atoms with van der Waals surface area (Å²) in [7, 11) is 1.59. The normalized spacial score (nSPS) is 13.6. The van der Waals surface area contributed by atoms with Crippen LogP contribution in [-0.2, 0) is 11.4 Å². The highest BCUT2D eigenvalue weighted by atomic mass is 32.2. The SMILES string of the molecule is C=C(C)CN1C(=O)CSc2nnc(COc3ccccc3OC)n21. The van der Waals surface area contributed by atoms with Crippen molar-refractivity contribution in [2.45, 2.75) is 18.7 Å². The number of amides is 1. The van der Waals surface area contributed by atoms with Gasteiger partial charge in [-0.1, -0.05) is 36.0 Å². The summed E-state index contributed by atoms with van der Waals surface area (Å²) < 4.78 is 12.8. The Labute approximate surface area is 144 Å². The first-order valence-corrected chi connectivity index (χ1v) is 8.36. The van der Waals surface area contributed by atoms with Gasteiger partial charge in [0.05, 0.1) is 19.4 Å². The molecule has 0 aliphatic carbocycles. The molecule has 24 heavy (non-hydrogen) atoms. The minimum absolute atomic E-state index is 0.00570. The average molecular weight is 346 g/mol. The molecule has 0 fully saturated rings. The molecule has 1 aliphatic rings. The van der Waals surface area contributed by atoms with Crippen LogP contribution in [0.4, 0.5) is 0 Å². The molecule has 2 heterocycles. The summed E-state index contributed by atoms with van der Waals surface area (Å²) in [6, 6.07) is 7.37. The van der Waals surface area contributed by atoms with Crippen LogP contribution in [-0.4, -0.2) is 40.2 Å². The smallest absolute Gasteiger partial charge is 0.252 e. The molecule has 3 rings (SSSR count). The first-order valence-electron chi connectivity index (χ1n) is 7.38. The maximum atomic E-state index is 12.2. The topological polar surface area (TPSA) is 69.5 Å². The number of fused-ring (bicyclic) bond motifs is 1. The monoisotopic (exact) mass is 346 g/mol. The maximum Gasteiger partial charge on any atom is 0.252 e. The van der Waals surface area contributed by atoms with Crippen LogP contribution in [0.25, 0.3) is 0 Å². The largest absolute Gasteiger partial charge is 0.493 e. The maximum absolute atomic E-state index is 12.2. The van der Waals surface area contributed by atoms with Gasteiger partial charge in [-0.05, 0) is 19.1 Å². The molecule has 1 aromatic heterocycles. The van der Waals surface area contributed by atoms with E-state index in [4.69, 9.17) is 9.47 Å². The molecule has 2 aromatic rings. The van der Waals surface area contributed by atoms with Gasteiger partial charge in [0.15, 0.2) is 17.3 Å². The fourth-order valence-electron chi connectivity index (χ4n) is 2.33. The van der Waals surface area contributed by atoms with Crippen LogP contribution in [0.1, 0.15) is 12.7 Å². The van der Waals surface area contributed by atoms with Crippen LogP contribution in [0.3, 0.4) is 0 Å². The zero-order valence-electron chi connectivity index (χ0n) is 13.6. The van der Waals surface area contributed by atoms with Crippen LogP contribution in [0.15, 0.2) is 41.6 Å². The standard InChI is InChI=1S/C16H18N4O3S/c1-11(2)8-19-15(21)10-24-16-18-17-14(20(16)19)9-23-13-7-5-4-6-12(13)22-3/h4-7H,1,8-10H2,2-3H3. The molecule has 1 amide bonds. The number of nitrogens with zero attached hydrogens (tertiary/aromatic N) is 4. The van der Waals surface area contributed by atoms with E-state index in [-0.39, 0.29) is 12.5 Å². The third kappa shape index (κ3) is 3.23. The van der Waals surface area contributed by atoms with Crippen molar-refractivity contribution in [2.24, 2.45) is 0 Å². The van der Waals surface area contributed by atoms with E-state index >= 15 is 0 Å². The molecule has 1 aromatic carbocycles. The van der Waals surface area contributed by atoms with Crippen molar-refractivity contribution >= 4 is 17.7 Å². The first-order chi connectivity index (χ1) is 11.6. The summed E-state index contributed by atoms with van der Waals surface area (Å²) >= 11 is 1.37. The highest BCUT2D eigenvalue weighted by molar-refractivity contribution is 7.99. The molecule has 8 heteroatoms. The Kier molecular flexibility index (Phi) is 4.75. The summed E-state index contributed by atoms with van der Waals surface area (Å²) in [6.07, 6.45) is 0. The van der Waals surface area contributed by atoms with Gasteiger partial charge in [0, 0.05) is 0 Å².